The number of nitrogens with zero attached hydrogens (tertiary/aromatic N) is 3. The van der Waals surface area contributed by atoms with Crippen LogP contribution in [0.25, 0.3) is 5.65 Å². The summed E-state index contributed by atoms with van der Waals surface area (Å²) in [5.74, 6) is -0.399. The normalized spacial score (nSPS) is 11.6. The largest absolute Gasteiger partial charge is 0.476 e. The number of rotatable bonds is 5. The lowest BCUT2D eigenvalue weighted by molar-refractivity contribution is 0.0691. The van der Waals surface area contributed by atoms with Gasteiger partial charge >= 0.3 is 5.97 Å². The molecule has 0 radical (unpaired) electrons. The maximum Gasteiger partial charge on any atom is 0.356 e. The minimum atomic E-state index is -0.995. The molecular weight excluding hydrogens is 242 g/mol. The number of pyridine rings is 1. The van der Waals surface area contributed by atoms with E-state index in [-0.39, 0.29) is 5.69 Å². The summed E-state index contributed by atoms with van der Waals surface area (Å²) in [5.41, 5.74) is 1.84. The van der Waals surface area contributed by atoms with Gasteiger partial charge in [-0.15, -0.1) is 0 Å². The lowest BCUT2D eigenvalue weighted by atomic mass is 10.2. The van der Waals surface area contributed by atoms with Gasteiger partial charge in [0.15, 0.2) is 5.69 Å². The van der Waals surface area contributed by atoms with E-state index < -0.39 is 5.97 Å². The molecule has 0 unspecified atom stereocenters. The summed E-state index contributed by atoms with van der Waals surface area (Å²) in [7, 11) is 2.06. The van der Waals surface area contributed by atoms with E-state index >= 15 is 0 Å². The number of carboxylic acid groups (broad SMARTS) is 1. The van der Waals surface area contributed by atoms with E-state index in [0.29, 0.717) is 5.92 Å². The number of fused-ring (bicyclic) bond motifs is 1. The number of aromatic carboxylic acids is 1. The fourth-order valence-electron chi connectivity index (χ4n) is 2.28. The minimum absolute atomic E-state index is 0.0824. The van der Waals surface area contributed by atoms with Crippen LogP contribution in [-0.2, 0) is 6.54 Å². The molecule has 0 aliphatic heterocycles. The van der Waals surface area contributed by atoms with Crippen LogP contribution in [0.3, 0.4) is 0 Å². The van der Waals surface area contributed by atoms with Crippen molar-refractivity contribution in [1.82, 2.24) is 14.3 Å². The Hall–Kier alpha value is -1.88. The fraction of sp³-hybridized carbons (Fsp3) is 0.429. The molecule has 19 heavy (non-hydrogen) atoms. The van der Waals surface area contributed by atoms with Gasteiger partial charge < -0.3 is 14.4 Å². The Kier molecular flexibility index (Phi) is 3.85. The number of aromatic nitrogens is 2. The van der Waals surface area contributed by atoms with Crippen LogP contribution in [0.5, 0.6) is 0 Å². The van der Waals surface area contributed by atoms with Gasteiger partial charge in [0.1, 0.15) is 5.65 Å². The molecule has 0 atom stereocenters. The highest BCUT2D eigenvalue weighted by molar-refractivity contribution is 5.86. The Labute approximate surface area is 112 Å². The summed E-state index contributed by atoms with van der Waals surface area (Å²) in [6, 6.07) is 3.91. The second-order valence-corrected chi connectivity index (χ2v) is 5.29. The molecule has 2 rings (SSSR count). The van der Waals surface area contributed by atoms with Crippen LogP contribution in [0.4, 0.5) is 0 Å². The molecule has 0 saturated carbocycles. The number of carbonyl (C=O) groups is 1. The number of carboxylic acids is 1. The molecule has 2 aromatic rings. The van der Waals surface area contributed by atoms with Crippen LogP contribution >= 0.6 is 0 Å². The van der Waals surface area contributed by atoms with Crippen LogP contribution < -0.4 is 0 Å². The fourth-order valence-corrected chi connectivity index (χ4v) is 2.28. The molecule has 0 aromatic carbocycles. The quantitative estimate of drug-likeness (QED) is 0.895. The van der Waals surface area contributed by atoms with Crippen molar-refractivity contribution in [2.45, 2.75) is 20.4 Å². The standard InChI is InChI=1S/C14H19N3O2/c1-10(2)7-16(3)8-11-5-4-6-17-9-12(14(18)19)15-13(11)17/h4-6,9-10H,7-8H2,1-3H3,(H,18,19). The van der Waals surface area contributed by atoms with Crippen LogP contribution in [-0.4, -0.2) is 39.0 Å². The molecule has 2 heterocycles. The lowest BCUT2D eigenvalue weighted by Crippen LogP contribution is -2.23. The highest BCUT2D eigenvalue weighted by atomic mass is 16.4. The average Bonchev–Trinajstić information content (AvgIpc) is 2.72. The Bertz CT molecular complexity index is 589. The van der Waals surface area contributed by atoms with Crippen molar-refractivity contribution in [3.8, 4) is 0 Å². The number of hydrogen-bond acceptors (Lipinski definition) is 3. The lowest BCUT2D eigenvalue weighted by Gasteiger charge is -2.19. The van der Waals surface area contributed by atoms with Gasteiger partial charge in [-0.05, 0) is 19.0 Å². The zero-order valence-electron chi connectivity index (χ0n) is 11.5. The van der Waals surface area contributed by atoms with Gasteiger partial charge in [-0.2, -0.15) is 0 Å². The summed E-state index contributed by atoms with van der Waals surface area (Å²) in [5, 5.41) is 8.99. The second-order valence-electron chi connectivity index (χ2n) is 5.29. The Morgan fingerprint density at radius 1 is 1.53 bits per heavy atom. The van der Waals surface area contributed by atoms with Crippen molar-refractivity contribution in [1.29, 1.82) is 0 Å². The Balaban J connectivity index is 2.30. The number of imidazole rings is 1. The van der Waals surface area contributed by atoms with Crippen LogP contribution in [0.15, 0.2) is 24.5 Å². The summed E-state index contributed by atoms with van der Waals surface area (Å²) in [4.78, 5) is 17.4. The van der Waals surface area contributed by atoms with Gasteiger partial charge in [0, 0.05) is 31.0 Å². The molecule has 0 bridgehead atoms. The average molecular weight is 261 g/mol. The molecule has 1 N–H and O–H groups in total. The van der Waals surface area contributed by atoms with Crippen LogP contribution in [0.1, 0.15) is 29.9 Å². The Morgan fingerprint density at radius 2 is 2.26 bits per heavy atom. The van der Waals surface area contributed by atoms with Crippen molar-refractivity contribution in [2.75, 3.05) is 13.6 Å². The monoisotopic (exact) mass is 261 g/mol. The zero-order valence-corrected chi connectivity index (χ0v) is 11.5. The molecule has 5 heteroatoms. The van der Waals surface area contributed by atoms with Crippen molar-refractivity contribution in [3.05, 3.63) is 35.8 Å². The zero-order chi connectivity index (χ0) is 14.0. The highest BCUT2D eigenvalue weighted by Gasteiger charge is 2.12. The molecule has 5 nitrogen and oxygen atoms in total. The molecule has 2 aromatic heterocycles. The highest BCUT2D eigenvalue weighted by Crippen LogP contribution is 2.13. The van der Waals surface area contributed by atoms with Gasteiger partial charge in [-0.1, -0.05) is 19.9 Å². The third-order valence-electron chi connectivity index (χ3n) is 2.90. The molecule has 0 aliphatic rings. The van der Waals surface area contributed by atoms with E-state index in [0.717, 1.165) is 24.3 Å². The first kappa shape index (κ1) is 13.5. The van der Waals surface area contributed by atoms with Crippen molar-refractivity contribution in [2.24, 2.45) is 5.92 Å². The van der Waals surface area contributed by atoms with Gasteiger partial charge in [-0.25, -0.2) is 9.78 Å². The smallest absolute Gasteiger partial charge is 0.356 e. The van der Waals surface area contributed by atoms with E-state index in [1.165, 1.54) is 0 Å². The molecule has 0 amide bonds. The maximum absolute atomic E-state index is 11.0. The first-order valence-corrected chi connectivity index (χ1v) is 6.36. The van der Waals surface area contributed by atoms with Gasteiger partial charge in [-0.3, -0.25) is 0 Å². The second kappa shape index (κ2) is 5.40. The third kappa shape index (κ3) is 3.12. The van der Waals surface area contributed by atoms with E-state index in [2.05, 4.69) is 30.8 Å². The summed E-state index contributed by atoms with van der Waals surface area (Å²) >= 11 is 0. The summed E-state index contributed by atoms with van der Waals surface area (Å²) in [6.45, 7) is 6.11. The van der Waals surface area contributed by atoms with E-state index in [1.807, 2.05) is 18.3 Å². The molecule has 102 valence electrons. The van der Waals surface area contributed by atoms with E-state index in [1.54, 1.807) is 10.6 Å². The summed E-state index contributed by atoms with van der Waals surface area (Å²) < 4.78 is 1.77. The SMILES string of the molecule is CC(C)CN(C)Cc1cccn2cc(C(=O)O)nc12. The van der Waals surface area contributed by atoms with Crippen LogP contribution in [0.2, 0.25) is 0 Å². The maximum atomic E-state index is 11.0. The minimum Gasteiger partial charge on any atom is -0.476 e. The predicted octanol–water partition coefficient (Wildman–Crippen LogP) is 2.12. The van der Waals surface area contributed by atoms with Gasteiger partial charge in [0.05, 0.1) is 0 Å². The molecule has 0 aliphatic carbocycles. The molecule has 0 fully saturated rings. The first-order valence-electron chi connectivity index (χ1n) is 6.36. The van der Waals surface area contributed by atoms with Crippen molar-refractivity contribution >= 4 is 11.6 Å². The Morgan fingerprint density at radius 3 is 2.89 bits per heavy atom. The van der Waals surface area contributed by atoms with Gasteiger partial charge in [0.25, 0.3) is 0 Å². The summed E-state index contributed by atoms with van der Waals surface area (Å²) in [6.07, 6.45) is 3.37. The van der Waals surface area contributed by atoms with Crippen LogP contribution in [0, 0.1) is 5.92 Å². The van der Waals surface area contributed by atoms with Crippen molar-refractivity contribution in [3.63, 3.8) is 0 Å². The topological polar surface area (TPSA) is 57.8 Å². The predicted molar refractivity (Wildman–Crippen MR) is 73.3 cm³/mol. The van der Waals surface area contributed by atoms with Gasteiger partial charge in [0.2, 0.25) is 0 Å². The van der Waals surface area contributed by atoms with E-state index in [4.69, 9.17) is 5.11 Å². The molecule has 0 spiro atoms. The third-order valence-corrected chi connectivity index (χ3v) is 2.90. The number of hydrogen-bond donors (Lipinski definition) is 1. The molecule has 0 saturated heterocycles. The molecular formula is C14H19N3O2. The van der Waals surface area contributed by atoms with E-state index in [9.17, 15) is 4.79 Å². The first-order chi connectivity index (χ1) is 8.97. The van der Waals surface area contributed by atoms with Crippen molar-refractivity contribution < 1.29 is 9.90 Å².